The van der Waals surface area contributed by atoms with E-state index in [4.69, 9.17) is 0 Å². The van der Waals surface area contributed by atoms with E-state index in [0.717, 1.165) is 0 Å². The minimum absolute atomic E-state index is 0.0843. The zero-order valence-corrected chi connectivity index (χ0v) is 15.2. The lowest BCUT2D eigenvalue weighted by Crippen LogP contribution is -2.24. The van der Waals surface area contributed by atoms with Crippen LogP contribution < -0.4 is 15.5 Å². The summed E-state index contributed by atoms with van der Waals surface area (Å²) in [5, 5.41) is 19.7. The molecule has 29 heavy (non-hydrogen) atoms. The van der Waals surface area contributed by atoms with Crippen LogP contribution in [0.4, 0.5) is 17.3 Å². The van der Waals surface area contributed by atoms with E-state index in [1.54, 1.807) is 54.7 Å². The van der Waals surface area contributed by atoms with Crippen LogP contribution in [0.3, 0.4) is 0 Å². The van der Waals surface area contributed by atoms with Crippen LogP contribution in [0.1, 0.15) is 10.5 Å². The van der Waals surface area contributed by atoms with Crippen molar-refractivity contribution in [2.75, 3.05) is 22.6 Å². The van der Waals surface area contributed by atoms with Crippen molar-refractivity contribution in [1.82, 2.24) is 19.6 Å². The molecule has 0 amide bonds. The molecule has 144 valence electrons. The molecule has 0 fully saturated rings. The van der Waals surface area contributed by atoms with Gasteiger partial charge < -0.3 is 15.7 Å². The number of carboxylic acids is 1. The number of nitrogens with one attached hydrogen (secondary N) is 2. The molecule has 0 radical (unpaired) electrons. The highest BCUT2D eigenvalue weighted by Crippen LogP contribution is 2.26. The maximum Gasteiger partial charge on any atom is 0.356 e. The van der Waals surface area contributed by atoms with Gasteiger partial charge >= 0.3 is 5.97 Å². The number of fused-ring (bicyclic) bond motifs is 1. The van der Waals surface area contributed by atoms with Crippen LogP contribution in [-0.4, -0.2) is 43.6 Å². The van der Waals surface area contributed by atoms with Crippen molar-refractivity contribution in [2.24, 2.45) is 0 Å². The summed E-state index contributed by atoms with van der Waals surface area (Å²) in [5.74, 6) is 1.64. The second-order valence-corrected chi connectivity index (χ2v) is 5.93. The predicted molar refractivity (Wildman–Crippen MR) is 106 cm³/mol. The van der Waals surface area contributed by atoms with Crippen LogP contribution in [0.5, 0.6) is 0 Å². The first-order chi connectivity index (χ1) is 14.1. The summed E-state index contributed by atoms with van der Waals surface area (Å²) in [6.45, 7) is 0. The van der Waals surface area contributed by atoms with Gasteiger partial charge in [-0.25, -0.2) is 24.1 Å². The average molecular weight is 389 g/mol. The third-order valence-corrected chi connectivity index (χ3v) is 4.21. The Balaban J connectivity index is 1.73. The standard InChI is InChI=1S/C19H15N7O3/c1-20-13-9-16(24-26-14(19(28)29)10-22-18(13)26)23-12-5-4-8-25(15(12)11-27)17-6-2-3-7-21-17/h2-10,20H,1H3,(H,23,24)(H,28,29). The number of carboxylic acid groups (broad SMARTS) is 1. The van der Waals surface area contributed by atoms with Gasteiger partial charge in [-0.05, 0) is 24.3 Å². The Morgan fingerprint density at radius 2 is 2.14 bits per heavy atom. The molecule has 0 aromatic carbocycles. The van der Waals surface area contributed by atoms with Gasteiger partial charge in [0.05, 0.1) is 17.6 Å². The number of aromatic carboxylic acids is 1. The number of carbonyl (C=O) groups excluding carboxylic acids is 1. The van der Waals surface area contributed by atoms with Crippen LogP contribution in [0.2, 0.25) is 0 Å². The van der Waals surface area contributed by atoms with Gasteiger partial charge in [0, 0.05) is 25.5 Å². The van der Waals surface area contributed by atoms with E-state index in [2.05, 4.69) is 25.7 Å². The summed E-state index contributed by atoms with van der Waals surface area (Å²) >= 11 is 0. The Labute approximate surface area is 164 Å². The number of imidazole rings is 1. The van der Waals surface area contributed by atoms with Crippen LogP contribution >= 0.6 is 0 Å². The highest BCUT2D eigenvalue weighted by atomic mass is 16.4. The molecule has 0 spiro atoms. The van der Waals surface area contributed by atoms with Gasteiger partial charge in [0.15, 0.2) is 28.8 Å². The Bertz CT molecular complexity index is 1210. The third-order valence-electron chi connectivity index (χ3n) is 4.21. The Morgan fingerprint density at radius 3 is 2.83 bits per heavy atom. The van der Waals surface area contributed by atoms with E-state index < -0.39 is 5.97 Å². The molecule has 3 aromatic rings. The first kappa shape index (κ1) is 18.0. The monoisotopic (exact) mass is 389 g/mol. The lowest BCUT2D eigenvalue weighted by atomic mass is 10.2. The predicted octanol–water partition coefficient (Wildman–Crippen LogP) is 1.91. The number of anilines is 3. The normalized spacial score (nSPS) is 13.2. The first-order valence-electron chi connectivity index (χ1n) is 8.53. The lowest BCUT2D eigenvalue weighted by molar-refractivity contribution is 0.0688. The second-order valence-electron chi connectivity index (χ2n) is 5.93. The van der Waals surface area contributed by atoms with E-state index >= 15 is 0 Å². The Morgan fingerprint density at radius 1 is 1.28 bits per heavy atom. The molecule has 3 aromatic heterocycles. The second kappa shape index (κ2) is 7.29. The minimum Gasteiger partial charge on any atom is -0.476 e. The molecular weight excluding hydrogens is 374 g/mol. The third kappa shape index (κ3) is 3.20. The fraction of sp³-hybridized carbons (Fsp3) is 0.0526. The van der Waals surface area contributed by atoms with Crippen molar-refractivity contribution >= 4 is 34.9 Å². The molecule has 3 N–H and O–H groups in total. The molecule has 0 saturated carbocycles. The number of hydrogen-bond donors (Lipinski definition) is 3. The van der Waals surface area contributed by atoms with Gasteiger partial charge in [0.1, 0.15) is 5.82 Å². The van der Waals surface area contributed by atoms with Crippen LogP contribution in [0, 0.1) is 0 Å². The molecule has 0 unspecified atom stereocenters. The smallest absolute Gasteiger partial charge is 0.356 e. The number of aromatic nitrogens is 4. The SMILES string of the molecule is CNc1cc(NC2=CC=CN(c3ccccn3)C2=C=O)nn2c(C(=O)O)cnc12. The number of allylic oxidation sites excluding steroid dienone is 2. The number of rotatable bonds is 5. The van der Waals surface area contributed by atoms with E-state index in [1.165, 1.54) is 10.7 Å². The first-order valence-corrected chi connectivity index (χ1v) is 8.53. The van der Waals surface area contributed by atoms with Gasteiger partial charge in [-0.15, -0.1) is 5.10 Å². The summed E-state index contributed by atoms with van der Waals surface area (Å²) in [5.41, 5.74) is 1.50. The Kier molecular flexibility index (Phi) is 4.52. The number of pyridine rings is 1. The maximum atomic E-state index is 11.7. The maximum absolute atomic E-state index is 11.7. The van der Waals surface area contributed by atoms with Gasteiger partial charge in [0.25, 0.3) is 0 Å². The van der Waals surface area contributed by atoms with E-state index in [9.17, 15) is 14.7 Å². The molecule has 4 heterocycles. The van der Waals surface area contributed by atoms with Crippen molar-refractivity contribution in [3.63, 3.8) is 0 Å². The molecular formula is C19H15N7O3. The lowest BCUT2D eigenvalue weighted by Gasteiger charge is -2.24. The number of nitrogens with zero attached hydrogens (tertiary/aromatic N) is 5. The Hall–Kier alpha value is -4.43. The van der Waals surface area contributed by atoms with Gasteiger partial charge in [0.2, 0.25) is 0 Å². The number of carbonyl (C=O) groups is 1. The van der Waals surface area contributed by atoms with Crippen molar-refractivity contribution in [2.45, 2.75) is 0 Å². The molecule has 1 aliphatic heterocycles. The highest BCUT2D eigenvalue weighted by molar-refractivity contribution is 5.88. The molecule has 0 saturated heterocycles. The zero-order chi connectivity index (χ0) is 20.4. The molecule has 10 heteroatoms. The highest BCUT2D eigenvalue weighted by Gasteiger charge is 2.21. The largest absolute Gasteiger partial charge is 0.476 e. The summed E-state index contributed by atoms with van der Waals surface area (Å²) < 4.78 is 1.22. The zero-order valence-electron chi connectivity index (χ0n) is 15.2. The van der Waals surface area contributed by atoms with Gasteiger partial charge in [-0.3, -0.25) is 4.90 Å². The van der Waals surface area contributed by atoms with Gasteiger partial charge in [-0.1, -0.05) is 6.07 Å². The topological polar surface area (TPSA) is 125 Å². The fourth-order valence-electron chi connectivity index (χ4n) is 2.90. The molecule has 0 atom stereocenters. The molecule has 0 bridgehead atoms. The summed E-state index contributed by atoms with van der Waals surface area (Å²) in [6, 6.07) is 7.02. The number of hydrogen-bond acceptors (Lipinski definition) is 8. The van der Waals surface area contributed by atoms with Crippen LogP contribution in [0.15, 0.2) is 66.4 Å². The molecule has 0 aliphatic carbocycles. The van der Waals surface area contributed by atoms with Crippen molar-refractivity contribution in [3.8, 4) is 0 Å². The fourth-order valence-corrected chi connectivity index (χ4v) is 2.90. The average Bonchev–Trinajstić information content (AvgIpc) is 3.18. The molecule has 1 aliphatic rings. The molecule has 4 rings (SSSR count). The minimum atomic E-state index is -1.15. The van der Waals surface area contributed by atoms with Crippen molar-refractivity contribution in [1.29, 1.82) is 0 Å². The van der Waals surface area contributed by atoms with E-state index in [0.29, 0.717) is 28.7 Å². The van der Waals surface area contributed by atoms with E-state index in [1.807, 2.05) is 12.0 Å². The van der Waals surface area contributed by atoms with E-state index in [-0.39, 0.29) is 11.4 Å². The quantitative estimate of drug-likeness (QED) is 0.561. The summed E-state index contributed by atoms with van der Waals surface area (Å²) in [7, 11) is 1.69. The van der Waals surface area contributed by atoms with Gasteiger partial charge in [-0.2, -0.15) is 0 Å². The van der Waals surface area contributed by atoms with Crippen LogP contribution in [-0.2, 0) is 4.79 Å². The summed E-state index contributed by atoms with van der Waals surface area (Å²) in [6.07, 6.45) is 7.99. The molecule has 10 nitrogen and oxygen atoms in total. The van der Waals surface area contributed by atoms with Crippen molar-refractivity contribution in [3.05, 3.63) is 72.1 Å². The van der Waals surface area contributed by atoms with Crippen molar-refractivity contribution < 1.29 is 14.7 Å². The van der Waals surface area contributed by atoms with Crippen LogP contribution in [0.25, 0.3) is 5.65 Å². The summed E-state index contributed by atoms with van der Waals surface area (Å²) in [4.78, 5) is 33.1.